The van der Waals surface area contributed by atoms with E-state index < -0.39 is 0 Å². The molecule has 0 aromatic rings. The van der Waals surface area contributed by atoms with Gasteiger partial charge in [-0.1, -0.05) is 0 Å². The molecular weight excluding hydrogens is 116 g/mol. The van der Waals surface area contributed by atoms with Gasteiger partial charge in [0.1, 0.15) is 0 Å². The van der Waals surface area contributed by atoms with Crippen LogP contribution in [0.2, 0.25) is 0 Å². The zero-order valence-electron chi connectivity index (χ0n) is 5.89. The van der Waals surface area contributed by atoms with Crippen molar-refractivity contribution in [1.29, 1.82) is 0 Å². The standard InChI is InChI=1S/C7H12O2/c1-5(2)9-7(8)6-3-4-6/h5-6H,3-4H2,1-2H3. The summed E-state index contributed by atoms with van der Waals surface area (Å²) in [5.41, 5.74) is 0. The SMILES string of the molecule is CC(C)OC(=O)C1CC1. The minimum Gasteiger partial charge on any atom is -0.463 e. The molecule has 0 heterocycles. The molecule has 2 heteroatoms. The van der Waals surface area contributed by atoms with Crippen LogP contribution in [0, 0.1) is 5.92 Å². The largest absolute Gasteiger partial charge is 0.463 e. The van der Waals surface area contributed by atoms with Crippen molar-refractivity contribution in [3.05, 3.63) is 0 Å². The van der Waals surface area contributed by atoms with Crippen molar-refractivity contribution >= 4 is 5.97 Å². The van der Waals surface area contributed by atoms with Gasteiger partial charge in [0.15, 0.2) is 0 Å². The molecular formula is C7H12O2. The summed E-state index contributed by atoms with van der Waals surface area (Å²) >= 11 is 0. The Morgan fingerprint density at radius 2 is 2.11 bits per heavy atom. The number of hydrogen-bond acceptors (Lipinski definition) is 2. The summed E-state index contributed by atoms with van der Waals surface area (Å²) in [5, 5.41) is 0. The van der Waals surface area contributed by atoms with E-state index in [2.05, 4.69) is 0 Å². The van der Waals surface area contributed by atoms with Crippen molar-refractivity contribution in [3.8, 4) is 0 Å². The third-order valence-electron chi connectivity index (χ3n) is 1.26. The van der Waals surface area contributed by atoms with Crippen LogP contribution in [-0.4, -0.2) is 12.1 Å². The van der Waals surface area contributed by atoms with E-state index >= 15 is 0 Å². The molecule has 1 rings (SSSR count). The molecule has 1 aliphatic carbocycles. The number of carbonyl (C=O) groups is 1. The molecule has 0 atom stereocenters. The van der Waals surface area contributed by atoms with Gasteiger partial charge < -0.3 is 4.74 Å². The monoisotopic (exact) mass is 128 g/mol. The first-order valence-electron chi connectivity index (χ1n) is 3.40. The Morgan fingerprint density at radius 3 is 2.44 bits per heavy atom. The Balaban J connectivity index is 2.18. The van der Waals surface area contributed by atoms with Crippen LogP contribution in [0.5, 0.6) is 0 Å². The van der Waals surface area contributed by atoms with Crippen molar-refractivity contribution in [3.63, 3.8) is 0 Å². The molecule has 9 heavy (non-hydrogen) atoms. The van der Waals surface area contributed by atoms with Gasteiger partial charge in [-0.2, -0.15) is 0 Å². The molecule has 0 spiro atoms. The van der Waals surface area contributed by atoms with E-state index in [1.807, 2.05) is 13.8 Å². The maximum atomic E-state index is 10.8. The average Bonchev–Trinajstić information content (AvgIpc) is 2.40. The zero-order chi connectivity index (χ0) is 6.85. The van der Waals surface area contributed by atoms with Crippen molar-refractivity contribution in [1.82, 2.24) is 0 Å². The van der Waals surface area contributed by atoms with Gasteiger partial charge in [0, 0.05) is 0 Å². The first-order valence-corrected chi connectivity index (χ1v) is 3.40. The minimum absolute atomic E-state index is 0.00926. The van der Waals surface area contributed by atoms with Gasteiger partial charge in [0.05, 0.1) is 12.0 Å². The normalized spacial score (nSPS) is 18.1. The van der Waals surface area contributed by atoms with Crippen molar-refractivity contribution in [2.24, 2.45) is 5.92 Å². The summed E-state index contributed by atoms with van der Waals surface area (Å²) in [4.78, 5) is 10.8. The van der Waals surface area contributed by atoms with E-state index in [-0.39, 0.29) is 18.0 Å². The summed E-state index contributed by atoms with van der Waals surface area (Å²) in [6.07, 6.45) is 2.12. The van der Waals surface area contributed by atoms with Crippen LogP contribution >= 0.6 is 0 Å². The molecule has 0 radical (unpaired) electrons. The number of rotatable bonds is 2. The van der Waals surface area contributed by atoms with E-state index in [1.54, 1.807) is 0 Å². The van der Waals surface area contributed by atoms with E-state index in [4.69, 9.17) is 4.74 Å². The van der Waals surface area contributed by atoms with Crippen molar-refractivity contribution in [2.75, 3.05) is 0 Å². The predicted octanol–water partition coefficient (Wildman–Crippen LogP) is 1.35. The summed E-state index contributed by atoms with van der Waals surface area (Å²) < 4.78 is 4.94. The van der Waals surface area contributed by atoms with Crippen LogP contribution in [0.4, 0.5) is 0 Å². The van der Waals surface area contributed by atoms with Crippen LogP contribution in [0.25, 0.3) is 0 Å². The average molecular weight is 128 g/mol. The summed E-state index contributed by atoms with van der Waals surface area (Å²) in [7, 11) is 0. The van der Waals surface area contributed by atoms with Gasteiger partial charge in [0.25, 0.3) is 0 Å². The summed E-state index contributed by atoms with van der Waals surface area (Å²) in [6.45, 7) is 3.75. The Labute approximate surface area is 55.2 Å². The van der Waals surface area contributed by atoms with Crippen LogP contribution in [0.3, 0.4) is 0 Å². The van der Waals surface area contributed by atoms with Crippen LogP contribution in [-0.2, 0) is 9.53 Å². The Kier molecular flexibility index (Phi) is 1.74. The molecule has 52 valence electrons. The third kappa shape index (κ3) is 2.04. The van der Waals surface area contributed by atoms with Gasteiger partial charge in [-0.05, 0) is 26.7 Å². The molecule has 0 bridgehead atoms. The maximum Gasteiger partial charge on any atom is 0.309 e. The fourth-order valence-electron chi connectivity index (χ4n) is 0.648. The maximum absolute atomic E-state index is 10.8. The molecule has 0 unspecified atom stereocenters. The van der Waals surface area contributed by atoms with Gasteiger partial charge in [-0.15, -0.1) is 0 Å². The summed E-state index contributed by atoms with van der Waals surface area (Å²) in [6, 6.07) is 0. The fraction of sp³-hybridized carbons (Fsp3) is 0.857. The number of ether oxygens (including phenoxy) is 1. The molecule has 0 amide bonds. The highest BCUT2D eigenvalue weighted by Crippen LogP contribution is 2.30. The van der Waals surface area contributed by atoms with Crippen LogP contribution in [0.1, 0.15) is 26.7 Å². The first-order chi connectivity index (χ1) is 4.20. The number of carbonyl (C=O) groups excluding carboxylic acids is 1. The minimum atomic E-state index is -0.00926. The molecule has 0 aromatic heterocycles. The number of esters is 1. The van der Waals surface area contributed by atoms with Crippen LogP contribution < -0.4 is 0 Å². The molecule has 1 saturated carbocycles. The summed E-state index contributed by atoms with van der Waals surface area (Å²) in [5.74, 6) is 0.234. The van der Waals surface area contributed by atoms with Crippen molar-refractivity contribution < 1.29 is 9.53 Å². The molecule has 1 fully saturated rings. The lowest BCUT2D eigenvalue weighted by Gasteiger charge is -2.05. The topological polar surface area (TPSA) is 26.3 Å². The molecule has 2 nitrogen and oxygen atoms in total. The lowest BCUT2D eigenvalue weighted by atomic mass is 10.4. The van der Waals surface area contributed by atoms with E-state index in [1.165, 1.54) is 0 Å². The van der Waals surface area contributed by atoms with Crippen molar-refractivity contribution in [2.45, 2.75) is 32.8 Å². The second-order valence-electron chi connectivity index (χ2n) is 2.76. The lowest BCUT2D eigenvalue weighted by Crippen LogP contribution is -2.12. The first kappa shape index (κ1) is 6.59. The zero-order valence-corrected chi connectivity index (χ0v) is 5.89. The van der Waals surface area contributed by atoms with Gasteiger partial charge in [0.2, 0.25) is 0 Å². The van der Waals surface area contributed by atoms with Gasteiger partial charge in [-0.3, -0.25) is 4.79 Å². The Morgan fingerprint density at radius 1 is 1.56 bits per heavy atom. The lowest BCUT2D eigenvalue weighted by molar-refractivity contribution is -0.148. The second kappa shape index (κ2) is 2.38. The van der Waals surface area contributed by atoms with Gasteiger partial charge >= 0.3 is 5.97 Å². The highest BCUT2D eigenvalue weighted by molar-refractivity contribution is 5.74. The van der Waals surface area contributed by atoms with Gasteiger partial charge in [-0.25, -0.2) is 0 Å². The van der Waals surface area contributed by atoms with E-state index in [0.29, 0.717) is 0 Å². The number of hydrogen-bond donors (Lipinski definition) is 0. The highest BCUT2D eigenvalue weighted by atomic mass is 16.5. The smallest absolute Gasteiger partial charge is 0.309 e. The molecule has 0 saturated heterocycles. The quantitative estimate of drug-likeness (QED) is 0.525. The molecule has 0 aliphatic heterocycles. The van der Waals surface area contributed by atoms with E-state index in [0.717, 1.165) is 12.8 Å². The molecule has 0 N–H and O–H groups in total. The van der Waals surface area contributed by atoms with Crippen LogP contribution in [0.15, 0.2) is 0 Å². The highest BCUT2D eigenvalue weighted by Gasteiger charge is 2.31. The fourth-order valence-corrected chi connectivity index (χ4v) is 0.648. The Bertz CT molecular complexity index is 114. The second-order valence-corrected chi connectivity index (χ2v) is 2.76. The predicted molar refractivity (Wildman–Crippen MR) is 34.0 cm³/mol. The van der Waals surface area contributed by atoms with E-state index in [9.17, 15) is 4.79 Å². The third-order valence-corrected chi connectivity index (χ3v) is 1.26. The molecule has 1 aliphatic rings. The Hall–Kier alpha value is -0.530. The molecule has 0 aromatic carbocycles.